The lowest BCUT2D eigenvalue weighted by molar-refractivity contribution is -0.123. The molecule has 160 valence electrons. The van der Waals surface area contributed by atoms with Gasteiger partial charge in [0.25, 0.3) is 0 Å². The van der Waals surface area contributed by atoms with Gasteiger partial charge in [0.1, 0.15) is 0 Å². The van der Waals surface area contributed by atoms with Crippen molar-refractivity contribution in [3.63, 3.8) is 0 Å². The van der Waals surface area contributed by atoms with Gasteiger partial charge >= 0.3 is 4.87 Å². The van der Waals surface area contributed by atoms with E-state index in [1.54, 1.807) is 18.0 Å². The number of aromatic nitrogens is 2. The fourth-order valence-corrected chi connectivity index (χ4v) is 9.67. The molecule has 0 spiro atoms. The maximum absolute atomic E-state index is 13.6. The molecule has 1 aromatic carbocycles. The number of aromatic amines is 1. The van der Waals surface area contributed by atoms with E-state index in [9.17, 15) is 14.4 Å². The first-order valence-electron chi connectivity index (χ1n) is 10.9. The molecule has 6 nitrogen and oxygen atoms in total. The van der Waals surface area contributed by atoms with Crippen molar-refractivity contribution in [1.82, 2.24) is 9.97 Å². The van der Waals surface area contributed by atoms with Gasteiger partial charge in [-0.1, -0.05) is 35.6 Å². The Morgan fingerprint density at radius 2 is 1.75 bits per heavy atom. The Morgan fingerprint density at radius 3 is 2.50 bits per heavy atom. The molecule has 1 saturated heterocycles. The Kier molecular flexibility index (Phi) is 3.91. The summed E-state index contributed by atoms with van der Waals surface area (Å²) in [5.41, 5.74) is 1.75. The Bertz CT molecular complexity index is 1300. The molecular weight excluding hydrogens is 442 g/mol. The zero-order valence-corrected chi connectivity index (χ0v) is 18.5. The highest BCUT2D eigenvalue weighted by Gasteiger charge is 2.69. The van der Waals surface area contributed by atoms with Crippen LogP contribution < -0.4 is 9.77 Å². The second kappa shape index (κ2) is 6.65. The van der Waals surface area contributed by atoms with E-state index >= 15 is 0 Å². The van der Waals surface area contributed by atoms with Gasteiger partial charge in [0.05, 0.1) is 22.5 Å². The van der Waals surface area contributed by atoms with Crippen molar-refractivity contribution < 1.29 is 9.59 Å². The number of amides is 2. The van der Waals surface area contributed by atoms with E-state index in [4.69, 9.17) is 0 Å². The second-order valence-corrected chi connectivity index (χ2v) is 11.3. The number of hydrogen-bond donors (Lipinski definition) is 1. The lowest BCUT2D eigenvalue weighted by Crippen LogP contribution is -2.42. The number of para-hydroxylation sites is 1. The minimum Gasteiger partial charge on any atom is -0.307 e. The van der Waals surface area contributed by atoms with E-state index in [2.05, 4.69) is 16.0 Å². The first kappa shape index (κ1) is 18.8. The number of thiazole rings is 1. The maximum Gasteiger partial charge on any atom is 0.305 e. The van der Waals surface area contributed by atoms with E-state index in [0.29, 0.717) is 5.69 Å². The van der Waals surface area contributed by atoms with Gasteiger partial charge in [0.2, 0.25) is 11.8 Å². The van der Waals surface area contributed by atoms with E-state index in [1.807, 2.05) is 42.6 Å². The summed E-state index contributed by atoms with van der Waals surface area (Å²) in [5, 5.41) is 1.13. The van der Waals surface area contributed by atoms with E-state index in [-0.39, 0.29) is 57.4 Å². The summed E-state index contributed by atoms with van der Waals surface area (Å²) in [6, 6.07) is 13.3. The molecule has 2 aliphatic heterocycles. The fourth-order valence-electron chi connectivity index (χ4n) is 6.78. The number of nitrogens with zero attached hydrogens (tertiary/aromatic N) is 2. The van der Waals surface area contributed by atoms with Crippen LogP contribution in [0.3, 0.4) is 0 Å². The third-order valence-corrected chi connectivity index (χ3v) is 10.4. The number of rotatable bonds is 2. The van der Waals surface area contributed by atoms with Crippen LogP contribution >= 0.6 is 23.1 Å². The Hall–Kier alpha value is -2.71. The lowest BCUT2D eigenvalue weighted by atomic mass is 9.68. The molecule has 1 N–H and O–H groups in total. The summed E-state index contributed by atoms with van der Waals surface area (Å²) < 4.78 is 0. The molecule has 3 fully saturated rings. The molecule has 2 aromatic heterocycles. The molecule has 8 heteroatoms. The van der Waals surface area contributed by atoms with Crippen molar-refractivity contribution in [2.45, 2.75) is 22.6 Å². The molecule has 2 amide bonds. The number of imide groups is 1. The summed E-state index contributed by atoms with van der Waals surface area (Å²) in [7, 11) is 0. The van der Waals surface area contributed by atoms with Crippen molar-refractivity contribution in [2.75, 3.05) is 4.90 Å². The van der Waals surface area contributed by atoms with Crippen LogP contribution in [0.4, 0.5) is 5.69 Å². The van der Waals surface area contributed by atoms with Gasteiger partial charge in [-0.25, -0.2) is 0 Å². The number of hydrogen-bond acceptors (Lipinski definition) is 6. The summed E-state index contributed by atoms with van der Waals surface area (Å²) >= 11 is 2.98. The van der Waals surface area contributed by atoms with E-state index in [0.717, 1.165) is 21.9 Å². The average molecular weight is 462 g/mol. The van der Waals surface area contributed by atoms with Crippen LogP contribution in [0, 0.1) is 29.6 Å². The number of carbonyl (C=O) groups is 2. The molecule has 7 rings (SSSR count). The molecule has 0 radical (unpaired) electrons. The van der Waals surface area contributed by atoms with Gasteiger partial charge in [-0.05, 0) is 47.9 Å². The van der Waals surface area contributed by atoms with Gasteiger partial charge in [-0.15, -0.1) is 11.8 Å². The van der Waals surface area contributed by atoms with Gasteiger partial charge in [-0.3, -0.25) is 24.3 Å². The zero-order valence-electron chi connectivity index (χ0n) is 16.9. The molecular formula is C24H19N3O3S2. The third-order valence-electron chi connectivity index (χ3n) is 7.78. The molecule has 2 aliphatic carbocycles. The fraction of sp³-hybridized carbons (Fsp3) is 0.333. The number of anilines is 1. The van der Waals surface area contributed by atoms with Crippen molar-refractivity contribution in [2.24, 2.45) is 29.6 Å². The maximum atomic E-state index is 13.6. The number of carbonyl (C=O) groups excluding carboxylic acids is 2. The molecule has 2 bridgehead atoms. The van der Waals surface area contributed by atoms with E-state index in [1.165, 1.54) is 16.2 Å². The van der Waals surface area contributed by atoms with Gasteiger partial charge in [-0.2, -0.15) is 0 Å². The van der Waals surface area contributed by atoms with Crippen LogP contribution in [0.1, 0.15) is 22.8 Å². The van der Waals surface area contributed by atoms with Crippen LogP contribution in [0.25, 0.3) is 0 Å². The molecule has 2 saturated carbocycles. The first-order chi connectivity index (χ1) is 15.6. The molecule has 4 aliphatic rings. The summed E-state index contributed by atoms with van der Waals surface area (Å²) in [5.74, 6) is -0.140. The summed E-state index contributed by atoms with van der Waals surface area (Å²) in [4.78, 5) is 49.1. The standard InChI is InChI=1S/C24H19N3O3S2/c28-22-17-13-9-14(18(17)23(29)27(22)12-6-2-1-3-7-12)19-16(13)15(11-5-4-8-25-10-11)20-21(31-19)26-24(30)32-20/h1-8,10,13-19H,9H2,(H,26,30)/t13-,14-,15+,16-,17+,18-,19-/m1/s1. The van der Waals surface area contributed by atoms with Crippen molar-refractivity contribution in [1.29, 1.82) is 0 Å². The predicted octanol–water partition coefficient (Wildman–Crippen LogP) is 3.51. The normalized spacial score (nSPS) is 34.5. The molecule has 4 heterocycles. The van der Waals surface area contributed by atoms with Gasteiger partial charge in [0.15, 0.2) is 0 Å². The highest BCUT2D eigenvalue weighted by molar-refractivity contribution is 8.00. The van der Waals surface area contributed by atoms with Crippen molar-refractivity contribution in [3.05, 3.63) is 75.0 Å². The smallest absolute Gasteiger partial charge is 0.305 e. The molecule has 0 unspecified atom stereocenters. The number of benzene rings is 1. The minimum absolute atomic E-state index is 0.0264. The van der Waals surface area contributed by atoms with Crippen molar-refractivity contribution >= 4 is 40.6 Å². The van der Waals surface area contributed by atoms with Crippen LogP contribution in [0.2, 0.25) is 0 Å². The van der Waals surface area contributed by atoms with Gasteiger partial charge in [0, 0.05) is 28.4 Å². The Morgan fingerprint density at radius 1 is 0.969 bits per heavy atom. The highest BCUT2D eigenvalue weighted by atomic mass is 32.2. The van der Waals surface area contributed by atoms with Crippen LogP contribution in [-0.2, 0) is 9.59 Å². The number of fused-ring (bicyclic) bond motifs is 9. The number of pyridine rings is 1. The Balaban J connectivity index is 1.34. The SMILES string of the molecule is O=C1[C@@H]2[C@H]3C[C@@H]([C@@H]2C(=O)N1c1ccccc1)[C@@H]1[C@H](c2cccnc2)c2sc(=O)[nH]c2S[C@H]31. The quantitative estimate of drug-likeness (QED) is 0.591. The average Bonchev–Trinajstić information content (AvgIpc) is 3.53. The van der Waals surface area contributed by atoms with Crippen LogP contribution in [0.5, 0.6) is 0 Å². The number of nitrogens with one attached hydrogen (secondary N) is 1. The largest absolute Gasteiger partial charge is 0.307 e. The predicted molar refractivity (Wildman–Crippen MR) is 122 cm³/mol. The van der Waals surface area contributed by atoms with Gasteiger partial charge < -0.3 is 4.98 Å². The molecule has 32 heavy (non-hydrogen) atoms. The lowest BCUT2D eigenvalue weighted by Gasteiger charge is -2.42. The minimum atomic E-state index is -0.272. The van der Waals surface area contributed by atoms with Crippen molar-refractivity contribution in [3.8, 4) is 0 Å². The number of thioether (sulfide) groups is 1. The summed E-state index contributed by atoms with van der Waals surface area (Å²) in [6.45, 7) is 0. The Labute approximate surface area is 192 Å². The van der Waals surface area contributed by atoms with Crippen LogP contribution in [0.15, 0.2) is 64.7 Å². The topological polar surface area (TPSA) is 83.1 Å². The monoisotopic (exact) mass is 461 g/mol. The number of H-pyrrole nitrogens is 1. The zero-order chi connectivity index (χ0) is 21.6. The first-order valence-corrected chi connectivity index (χ1v) is 12.6. The third kappa shape index (κ3) is 2.37. The highest BCUT2D eigenvalue weighted by Crippen LogP contribution is 2.68. The second-order valence-electron chi connectivity index (χ2n) is 9.09. The van der Waals surface area contributed by atoms with Crippen LogP contribution in [-0.4, -0.2) is 27.0 Å². The molecule has 3 aromatic rings. The summed E-state index contributed by atoms with van der Waals surface area (Å²) in [6.07, 6.45) is 4.54. The van der Waals surface area contributed by atoms with E-state index < -0.39 is 0 Å². The molecule has 7 atom stereocenters.